The van der Waals surface area contributed by atoms with Crippen molar-refractivity contribution in [3.8, 4) is 0 Å². The molecule has 2 N–H and O–H groups in total. The van der Waals surface area contributed by atoms with Crippen molar-refractivity contribution < 1.29 is 50.6 Å². The second kappa shape index (κ2) is 11.4. The highest BCUT2D eigenvalue weighted by Gasteiger charge is 2.46. The van der Waals surface area contributed by atoms with Gasteiger partial charge in [-0.3, -0.25) is 29.8 Å². The van der Waals surface area contributed by atoms with Crippen molar-refractivity contribution in [2.75, 3.05) is 10.2 Å². The van der Waals surface area contributed by atoms with Gasteiger partial charge in [-0.1, -0.05) is 13.8 Å². The van der Waals surface area contributed by atoms with Crippen molar-refractivity contribution in [1.82, 2.24) is 5.32 Å². The van der Waals surface area contributed by atoms with E-state index < -0.39 is 74.0 Å². The number of anilines is 2. The van der Waals surface area contributed by atoms with Crippen LogP contribution in [-0.2, 0) is 21.9 Å². The zero-order valence-corrected chi connectivity index (χ0v) is 21.5. The smallest absolute Gasteiger partial charge is 0.326 e. The fourth-order valence-electron chi connectivity index (χ4n) is 3.32. The minimum Gasteiger partial charge on any atom is -0.326 e. The molecule has 1 aliphatic rings. The van der Waals surface area contributed by atoms with Gasteiger partial charge in [-0.25, -0.2) is 9.69 Å². The number of rotatable bonds is 5. The van der Waals surface area contributed by atoms with Crippen LogP contribution in [0.15, 0.2) is 36.4 Å². The second-order valence-corrected chi connectivity index (χ2v) is 9.28. The zero-order chi connectivity index (χ0) is 31.7. The standard InChI is InChI=1S/C12H10F3N3O4.C11H11F3N2O3/c1-11(2)9(19)17(10(20)16-11)6-3-4-8(18(21)22)7(5-6)12(13,14)15;1-6(2)10(17)15-7-3-4-9(16(18)19)8(5-7)11(12,13)14/h3-5H,1-2H3,(H,16,20);3-6H,1-2H3,(H,15,17). The Morgan fingerprint density at radius 1 is 0.902 bits per heavy atom. The van der Waals surface area contributed by atoms with Crippen LogP contribution in [0, 0.1) is 26.1 Å². The maximum absolute atomic E-state index is 12.9. The number of amides is 4. The lowest BCUT2D eigenvalue weighted by Gasteiger charge is -2.17. The summed E-state index contributed by atoms with van der Waals surface area (Å²) in [4.78, 5) is 54.6. The first-order chi connectivity index (χ1) is 18.6. The molecular weight excluding hydrogens is 572 g/mol. The number of nitrogens with zero attached hydrogens (tertiary/aromatic N) is 3. The highest BCUT2D eigenvalue weighted by Crippen LogP contribution is 2.39. The summed E-state index contributed by atoms with van der Waals surface area (Å²) in [7, 11) is 0. The van der Waals surface area contributed by atoms with Crippen LogP contribution in [0.2, 0.25) is 0 Å². The highest BCUT2D eigenvalue weighted by atomic mass is 19.4. The van der Waals surface area contributed by atoms with Crippen LogP contribution in [-0.4, -0.2) is 33.2 Å². The minimum absolute atomic E-state index is 0.128. The molecule has 2 aromatic rings. The summed E-state index contributed by atoms with van der Waals surface area (Å²) in [5.41, 5.74) is -6.89. The fraction of sp³-hybridized carbons (Fsp3) is 0.348. The largest absolute Gasteiger partial charge is 0.423 e. The molecule has 1 aliphatic heterocycles. The third-order valence-corrected chi connectivity index (χ3v) is 5.39. The van der Waals surface area contributed by atoms with Gasteiger partial charge in [0.2, 0.25) is 5.91 Å². The van der Waals surface area contributed by atoms with Gasteiger partial charge < -0.3 is 10.6 Å². The molecule has 0 aromatic heterocycles. The van der Waals surface area contributed by atoms with E-state index in [1.807, 2.05) is 0 Å². The molecule has 0 radical (unpaired) electrons. The number of halogens is 6. The summed E-state index contributed by atoms with van der Waals surface area (Å²) in [6.07, 6.45) is -9.85. The molecule has 0 aliphatic carbocycles. The fourth-order valence-corrected chi connectivity index (χ4v) is 3.32. The number of nitro benzene ring substituents is 2. The molecule has 0 spiro atoms. The number of nitrogens with one attached hydrogen (secondary N) is 2. The van der Waals surface area contributed by atoms with E-state index in [1.165, 1.54) is 13.8 Å². The predicted molar refractivity (Wildman–Crippen MR) is 130 cm³/mol. The van der Waals surface area contributed by atoms with Crippen LogP contribution in [0.5, 0.6) is 0 Å². The Labute approximate surface area is 226 Å². The number of urea groups is 1. The summed E-state index contributed by atoms with van der Waals surface area (Å²) in [5, 5.41) is 25.8. The van der Waals surface area contributed by atoms with Crippen LogP contribution >= 0.6 is 0 Å². The van der Waals surface area contributed by atoms with E-state index >= 15 is 0 Å². The summed E-state index contributed by atoms with van der Waals surface area (Å²) >= 11 is 0. The van der Waals surface area contributed by atoms with E-state index in [0.29, 0.717) is 23.1 Å². The minimum atomic E-state index is -4.99. The van der Waals surface area contributed by atoms with Gasteiger partial charge in [0.05, 0.1) is 15.5 Å². The number of hydrogen-bond acceptors (Lipinski definition) is 7. The molecule has 1 saturated heterocycles. The summed E-state index contributed by atoms with van der Waals surface area (Å²) in [6, 6.07) is 3.40. The van der Waals surface area contributed by atoms with Gasteiger partial charge in [-0.2, -0.15) is 26.3 Å². The van der Waals surface area contributed by atoms with Crippen LogP contribution < -0.4 is 15.5 Å². The summed E-state index contributed by atoms with van der Waals surface area (Å²) in [5.74, 6) is -1.63. The summed E-state index contributed by atoms with van der Waals surface area (Å²) < 4.78 is 76.7. The van der Waals surface area contributed by atoms with Crippen molar-refractivity contribution >= 4 is 40.6 Å². The van der Waals surface area contributed by atoms with Crippen LogP contribution in [0.1, 0.15) is 38.8 Å². The molecule has 0 saturated carbocycles. The van der Waals surface area contributed by atoms with E-state index in [9.17, 15) is 61.0 Å². The Morgan fingerprint density at radius 3 is 1.76 bits per heavy atom. The molecule has 0 bridgehead atoms. The van der Waals surface area contributed by atoms with Gasteiger partial charge in [0.1, 0.15) is 16.7 Å². The Hall–Kier alpha value is -4.77. The van der Waals surface area contributed by atoms with Gasteiger partial charge >= 0.3 is 18.4 Å². The molecular formula is C23H21F6N5O7. The van der Waals surface area contributed by atoms with E-state index in [0.717, 1.165) is 18.2 Å². The number of alkyl halides is 6. The highest BCUT2D eigenvalue weighted by molar-refractivity contribution is 6.23. The number of carbonyl (C=O) groups is 3. The molecule has 3 rings (SSSR count). The Bertz CT molecular complexity index is 1410. The molecule has 222 valence electrons. The Morgan fingerprint density at radius 2 is 1.37 bits per heavy atom. The van der Waals surface area contributed by atoms with Crippen molar-refractivity contribution in [3.63, 3.8) is 0 Å². The maximum atomic E-state index is 12.9. The lowest BCUT2D eigenvalue weighted by Crippen LogP contribution is -2.40. The molecule has 1 heterocycles. The van der Waals surface area contributed by atoms with Gasteiger partial charge in [0.25, 0.3) is 17.3 Å². The van der Waals surface area contributed by atoms with Gasteiger partial charge in [-0.15, -0.1) is 0 Å². The Kier molecular flexibility index (Phi) is 9.00. The zero-order valence-electron chi connectivity index (χ0n) is 21.5. The first-order valence-corrected chi connectivity index (χ1v) is 11.3. The van der Waals surface area contributed by atoms with Crippen LogP contribution in [0.4, 0.5) is 53.9 Å². The van der Waals surface area contributed by atoms with E-state index in [1.54, 1.807) is 13.8 Å². The number of hydrogen-bond donors (Lipinski definition) is 2. The third kappa shape index (κ3) is 7.46. The molecule has 1 fully saturated rings. The SMILES string of the molecule is CC(C)C(=O)Nc1ccc([N+](=O)[O-])c(C(F)(F)F)c1.CC1(C)NC(=O)N(c2ccc([N+](=O)[O-])c(C(F)(F)F)c2)C1=O. The first kappa shape index (κ1) is 32.4. The molecule has 0 unspecified atom stereocenters. The second-order valence-electron chi connectivity index (χ2n) is 9.28. The first-order valence-electron chi connectivity index (χ1n) is 11.3. The normalized spacial score (nSPS) is 14.8. The topological polar surface area (TPSA) is 165 Å². The number of imide groups is 1. The van der Waals surface area contributed by atoms with Gasteiger partial charge in [0, 0.05) is 23.7 Å². The average molecular weight is 593 g/mol. The van der Waals surface area contributed by atoms with E-state index in [-0.39, 0.29) is 11.4 Å². The van der Waals surface area contributed by atoms with Gasteiger partial charge in [0.15, 0.2) is 0 Å². The van der Waals surface area contributed by atoms with E-state index in [4.69, 9.17) is 0 Å². The number of carbonyl (C=O) groups excluding carboxylic acids is 3. The maximum Gasteiger partial charge on any atom is 0.423 e. The summed E-state index contributed by atoms with van der Waals surface area (Å²) in [6.45, 7) is 5.93. The van der Waals surface area contributed by atoms with Gasteiger partial charge in [-0.05, 0) is 38.1 Å². The Balaban J connectivity index is 0.000000290. The molecule has 41 heavy (non-hydrogen) atoms. The van der Waals surface area contributed by atoms with Crippen LogP contribution in [0.25, 0.3) is 0 Å². The van der Waals surface area contributed by atoms with Crippen LogP contribution in [0.3, 0.4) is 0 Å². The third-order valence-electron chi connectivity index (χ3n) is 5.39. The molecule has 12 nitrogen and oxygen atoms in total. The lowest BCUT2D eigenvalue weighted by molar-refractivity contribution is -0.388. The number of benzene rings is 2. The average Bonchev–Trinajstić information content (AvgIpc) is 3.03. The molecule has 18 heteroatoms. The predicted octanol–water partition coefficient (Wildman–Crippen LogP) is 5.66. The number of nitro groups is 2. The van der Waals surface area contributed by atoms with E-state index in [2.05, 4.69) is 10.6 Å². The lowest BCUT2D eigenvalue weighted by atomic mass is 10.1. The van der Waals surface area contributed by atoms with Crippen molar-refractivity contribution in [3.05, 3.63) is 67.8 Å². The van der Waals surface area contributed by atoms with Crippen molar-refractivity contribution in [2.45, 2.75) is 45.6 Å². The van der Waals surface area contributed by atoms with Crippen molar-refractivity contribution in [1.29, 1.82) is 0 Å². The van der Waals surface area contributed by atoms with Crippen molar-refractivity contribution in [2.24, 2.45) is 5.92 Å². The molecule has 4 amide bonds. The molecule has 2 aromatic carbocycles. The molecule has 0 atom stereocenters. The monoisotopic (exact) mass is 593 g/mol. The quantitative estimate of drug-likeness (QED) is 0.195.